The van der Waals surface area contributed by atoms with Gasteiger partial charge in [-0.25, -0.2) is 0 Å². The molecule has 0 spiro atoms. The summed E-state index contributed by atoms with van der Waals surface area (Å²) < 4.78 is 0. The van der Waals surface area contributed by atoms with Gasteiger partial charge in [-0.15, -0.1) is 0 Å². The summed E-state index contributed by atoms with van der Waals surface area (Å²) in [6.07, 6.45) is 2.89. The molecule has 0 aromatic heterocycles. The SMILES string of the molecule is CCCNC1CC(CCO)CN(CC(=O)O)C1. The maximum Gasteiger partial charge on any atom is 0.317 e. The van der Waals surface area contributed by atoms with Crippen molar-refractivity contribution in [2.24, 2.45) is 5.92 Å². The third-order valence-electron chi connectivity index (χ3n) is 3.19. The molecule has 0 aromatic rings. The molecule has 3 N–H and O–H groups in total. The second-order valence-electron chi connectivity index (χ2n) is 4.85. The van der Waals surface area contributed by atoms with Crippen LogP contribution in [0.3, 0.4) is 0 Å². The Balaban J connectivity index is 2.46. The quantitative estimate of drug-likeness (QED) is 0.594. The van der Waals surface area contributed by atoms with Gasteiger partial charge in [-0.2, -0.15) is 0 Å². The first-order valence-electron chi connectivity index (χ1n) is 6.44. The first-order chi connectivity index (χ1) is 8.15. The first kappa shape index (κ1) is 14.4. The van der Waals surface area contributed by atoms with Gasteiger partial charge in [0.25, 0.3) is 0 Å². The Bertz CT molecular complexity index is 236. The van der Waals surface area contributed by atoms with Gasteiger partial charge in [-0.05, 0) is 31.7 Å². The van der Waals surface area contributed by atoms with Crippen molar-refractivity contribution in [1.29, 1.82) is 0 Å². The molecule has 0 bridgehead atoms. The van der Waals surface area contributed by atoms with Crippen molar-refractivity contribution in [2.45, 2.75) is 32.2 Å². The smallest absolute Gasteiger partial charge is 0.317 e. The molecule has 0 amide bonds. The summed E-state index contributed by atoms with van der Waals surface area (Å²) in [5, 5.41) is 21.3. The zero-order chi connectivity index (χ0) is 12.7. The Kier molecular flexibility index (Phi) is 6.47. The number of rotatable bonds is 7. The molecule has 5 heteroatoms. The molecule has 1 heterocycles. The van der Waals surface area contributed by atoms with E-state index < -0.39 is 5.97 Å². The number of nitrogens with one attached hydrogen (secondary N) is 1. The number of carbonyl (C=O) groups is 1. The molecule has 1 rings (SSSR count). The Morgan fingerprint density at radius 1 is 1.47 bits per heavy atom. The molecule has 1 saturated heterocycles. The summed E-state index contributed by atoms with van der Waals surface area (Å²) in [6.45, 7) is 4.97. The van der Waals surface area contributed by atoms with Gasteiger partial charge in [0.15, 0.2) is 0 Å². The van der Waals surface area contributed by atoms with Crippen LogP contribution in [0.4, 0.5) is 0 Å². The second kappa shape index (κ2) is 7.63. The van der Waals surface area contributed by atoms with E-state index in [0.717, 1.165) is 38.9 Å². The number of aliphatic hydroxyl groups excluding tert-OH is 1. The van der Waals surface area contributed by atoms with Gasteiger partial charge in [-0.3, -0.25) is 9.69 Å². The molecule has 1 fully saturated rings. The summed E-state index contributed by atoms with van der Waals surface area (Å²) in [6, 6.07) is 0.361. The molecule has 1 aliphatic rings. The molecule has 0 aliphatic carbocycles. The molecule has 2 atom stereocenters. The van der Waals surface area contributed by atoms with Crippen molar-refractivity contribution in [1.82, 2.24) is 10.2 Å². The predicted molar refractivity (Wildman–Crippen MR) is 66.0 cm³/mol. The Hall–Kier alpha value is -0.650. The van der Waals surface area contributed by atoms with Crippen molar-refractivity contribution in [2.75, 3.05) is 32.8 Å². The minimum absolute atomic E-state index is 0.103. The van der Waals surface area contributed by atoms with Crippen LogP contribution in [-0.2, 0) is 4.79 Å². The zero-order valence-corrected chi connectivity index (χ0v) is 10.6. The van der Waals surface area contributed by atoms with E-state index >= 15 is 0 Å². The first-order valence-corrected chi connectivity index (χ1v) is 6.44. The summed E-state index contributed by atoms with van der Waals surface area (Å²) in [7, 11) is 0. The van der Waals surface area contributed by atoms with Crippen molar-refractivity contribution in [3.63, 3.8) is 0 Å². The van der Waals surface area contributed by atoms with Crippen LogP contribution in [0.2, 0.25) is 0 Å². The monoisotopic (exact) mass is 244 g/mol. The van der Waals surface area contributed by atoms with Crippen molar-refractivity contribution < 1.29 is 15.0 Å². The van der Waals surface area contributed by atoms with Crippen LogP contribution in [0.5, 0.6) is 0 Å². The van der Waals surface area contributed by atoms with Gasteiger partial charge in [0.05, 0.1) is 6.54 Å². The molecule has 5 nitrogen and oxygen atoms in total. The van der Waals surface area contributed by atoms with Crippen LogP contribution in [-0.4, -0.2) is 59.9 Å². The summed E-state index contributed by atoms with van der Waals surface area (Å²) in [4.78, 5) is 12.7. The van der Waals surface area contributed by atoms with Gasteiger partial charge in [-0.1, -0.05) is 6.92 Å². The van der Waals surface area contributed by atoms with Crippen LogP contribution in [0.15, 0.2) is 0 Å². The number of carboxylic acids is 1. The lowest BCUT2D eigenvalue weighted by Gasteiger charge is -2.37. The van der Waals surface area contributed by atoms with Crippen LogP contribution in [0, 0.1) is 5.92 Å². The zero-order valence-electron chi connectivity index (χ0n) is 10.6. The Morgan fingerprint density at radius 2 is 2.24 bits per heavy atom. The lowest BCUT2D eigenvalue weighted by atomic mass is 9.91. The van der Waals surface area contributed by atoms with E-state index in [9.17, 15) is 4.79 Å². The molecule has 1 aliphatic heterocycles. The number of carboxylic acid groups (broad SMARTS) is 1. The predicted octanol–water partition coefficient (Wildman–Crippen LogP) is 0.144. The lowest BCUT2D eigenvalue weighted by molar-refractivity contribution is -0.138. The molecular weight excluding hydrogens is 220 g/mol. The van der Waals surface area contributed by atoms with E-state index in [2.05, 4.69) is 12.2 Å². The van der Waals surface area contributed by atoms with Gasteiger partial charge < -0.3 is 15.5 Å². The highest BCUT2D eigenvalue weighted by molar-refractivity contribution is 5.69. The third-order valence-corrected chi connectivity index (χ3v) is 3.19. The normalized spacial score (nSPS) is 26.0. The highest BCUT2D eigenvalue weighted by Crippen LogP contribution is 2.19. The Labute approximate surface area is 103 Å². The molecule has 0 aromatic carbocycles. The van der Waals surface area contributed by atoms with Crippen LogP contribution < -0.4 is 5.32 Å². The van der Waals surface area contributed by atoms with Gasteiger partial charge in [0.1, 0.15) is 0 Å². The number of nitrogens with zero attached hydrogens (tertiary/aromatic N) is 1. The van der Waals surface area contributed by atoms with Crippen LogP contribution >= 0.6 is 0 Å². The van der Waals surface area contributed by atoms with Crippen LogP contribution in [0.25, 0.3) is 0 Å². The molecule has 2 unspecified atom stereocenters. The third kappa shape index (κ3) is 5.48. The van der Waals surface area contributed by atoms with Gasteiger partial charge >= 0.3 is 5.97 Å². The second-order valence-corrected chi connectivity index (χ2v) is 4.85. The Morgan fingerprint density at radius 3 is 2.82 bits per heavy atom. The molecule has 0 saturated carbocycles. The van der Waals surface area contributed by atoms with E-state index in [0.29, 0.717) is 12.0 Å². The van der Waals surface area contributed by atoms with E-state index in [4.69, 9.17) is 10.2 Å². The number of aliphatic carboxylic acids is 1. The highest BCUT2D eigenvalue weighted by atomic mass is 16.4. The minimum Gasteiger partial charge on any atom is -0.480 e. The maximum atomic E-state index is 10.7. The van der Waals surface area contributed by atoms with Crippen molar-refractivity contribution in [3.8, 4) is 0 Å². The average Bonchev–Trinajstić information content (AvgIpc) is 2.25. The number of hydrogen-bond acceptors (Lipinski definition) is 4. The molecule has 17 heavy (non-hydrogen) atoms. The summed E-state index contributed by atoms with van der Waals surface area (Å²) in [5.41, 5.74) is 0. The van der Waals surface area contributed by atoms with E-state index in [-0.39, 0.29) is 13.2 Å². The number of aliphatic hydroxyl groups is 1. The minimum atomic E-state index is -0.774. The van der Waals surface area contributed by atoms with Gasteiger partial charge in [0, 0.05) is 25.7 Å². The standard InChI is InChI=1S/C12H24N2O3/c1-2-4-13-11-6-10(3-5-15)7-14(8-11)9-12(16)17/h10-11,13,15H,2-9H2,1H3,(H,16,17). The van der Waals surface area contributed by atoms with Crippen LogP contribution in [0.1, 0.15) is 26.2 Å². The number of likely N-dealkylation sites (tertiary alicyclic amines) is 1. The fraction of sp³-hybridized carbons (Fsp3) is 0.917. The fourth-order valence-corrected chi connectivity index (χ4v) is 2.51. The summed E-state index contributed by atoms with van der Waals surface area (Å²) >= 11 is 0. The topological polar surface area (TPSA) is 72.8 Å². The molecule has 0 radical (unpaired) electrons. The maximum absolute atomic E-state index is 10.7. The fourth-order valence-electron chi connectivity index (χ4n) is 2.51. The van der Waals surface area contributed by atoms with Crippen molar-refractivity contribution in [3.05, 3.63) is 0 Å². The summed E-state index contributed by atoms with van der Waals surface area (Å²) in [5.74, 6) is -0.369. The number of piperidine rings is 1. The number of hydrogen-bond donors (Lipinski definition) is 3. The van der Waals surface area contributed by atoms with Crippen molar-refractivity contribution >= 4 is 5.97 Å². The highest BCUT2D eigenvalue weighted by Gasteiger charge is 2.27. The van der Waals surface area contributed by atoms with E-state index in [1.54, 1.807) is 0 Å². The lowest BCUT2D eigenvalue weighted by Crippen LogP contribution is -2.50. The average molecular weight is 244 g/mol. The van der Waals surface area contributed by atoms with Gasteiger partial charge in [0.2, 0.25) is 0 Å². The van der Waals surface area contributed by atoms with E-state index in [1.165, 1.54) is 0 Å². The molecular formula is C12H24N2O3. The molecule has 100 valence electrons. The van der Waals surface area contributed by atoms with E-state index in [1.807, 2.05) is 4.90 Å². The largest absolute Gasteiger partial charge is 0.480 e.